The molecule has 0 aliphatic heterocycles. The second-order valence-corrected chi connectivity index (χ2v) is 7.23. The van der Waals surface area contributed by atoms with E-state index >= 15 is 0 Å². The molecule has 1 fully saturated rings. The summed E-state index contributed by atoms with van der Waals surface area (Å²) in [5, 5.41) is 14.5. The van der Waals surface area contributed by atoms with Crippen molar-refractivity contribution in [3.8, 4) is 0 Å². The minimum absolute atomic E-state index is 0.0333. The van der Waals surface area contributed by atoms with Crippen LogP contribution in [0, 0.1) is 11.3 Å². The van der Waals surface area contributed by atoms with Crippen LogP contribution in [0.4, 0.5) is 0 Å². The number of hydrogen-bond donors (Lipinski definition) is 3. The standard InChI is InChI=1S/C16H28N2O4/c1-16(2,3)9-8-12(15(21)22)18-13(19)5-4-10-17-14(20)11-6-7-11/h11-12H,4-10H2,1-3H3,(H,17,20)(H,18,19)(H,21,22). The molecule has 1 unspecified atom stereocenters. The Labute approximate surface area is 132 Å². The van der Waals surface area contributed by atoms with E-state index in [4.69, 9.17) is 5.11 Å². The molecule has 6 heteroatoms. The first-order valence-corrected chi connectivity index (χ1v) is 7.99. The Bertz CT molecular complexity index is 411. The van der Waals surface area contributed by atoms with Crippen LogP contribution in [0.5, 0.6) is 0 Å². The number of aliphatic carboxylic acids is 1. The molecule has 1 rings (SSSR count). The van der Waals surface area contributed by atoms with Crippen LogP contribution < -0.4 is 10.6 Å². The number of nitrogens with one attached hydrogen (secondary N) is 2. The lowest BCUT2D eigenvalue weighted by atomic mass is 9.88. The van der Waals surface area contributed by atoms with Gasteiger partial charge in [-0.05, 0) is 37.5 Å². The van der Waals surface area contributed by atoms with E-state index in [0.29, 0.717) is 19.4 Å². The van der Waals surface area contributed by atoms with Crippen molar-refractivity contribution < 1.29 is 19.5 Å². The molecule has 0 bridgehead atoms. The van der Waals surface area contributed by atoms with E-state index in [0.717, 1.165) is 19.3 Å². The van der Waals surface area contributed by atoms with Gasteiger partial charge in [0.25, 0.3) is 0 Å². The summed E-state index contributed by atoms with van der Waals surface area (Å²) >= 11 is 0. The van der Waals surface area contributed by atoms with Crippen LogP contribution in [0.1, 0.15) is 59.3 Å². The highest BCUT2D eigenvalue weighted by Gasteiger charge is 2.29. The molecule has 1 atom stereocenters. The predicted octanol–water partition coefficient (Wildman–Crippen LogP) is 1.69. The van der Waals surface area contributed by atoms with E-state index in [1.165, 1.54) is 0 Å². The molecule has 6 nitrogen and oxygen atoms in total. The van der Waals surface area contributed by atoms with Crippen molar-refractivity contribution in [1.29, 1.82) is 0 Å². The normalized spacial score (nSPS) is 16.0. The zero-order valence-corrected chi connectivity index (χ0v) is 13.8. The maximum atomic E-state index is 11.8. The molecule has 0 aromatic heterocycles. The van der Waals surface area contributed by atoms with Crippen molar-refractivity contribution in [2.45, 2.75) is 65.3 Å². The van der Waals surface area contributed by atoms with Crippen LogP contribution in [0.15, 0.2) is 0 Å². The third-order valence-corrected chi connectivity index (χ3v) is 3.64. The molecule has 0 saturated heterocycles. The summed E-state index contributed by atoms with van der Waals surface area (Å²) in [7, 11) is 0. The lowest BCUT2D eigenvalue weighted by Gasteiger charge is -2.21. The van der Waals surface area contributed by atoms with Crippen LogP contribution >= 0.6 is 0 Å². The fraction of sp³-hybridized carbons (Fsp3) is 0.812. The fourth-order valence-electron chi connectivity index (χ4n) is 2.05. The summed E-state index contributed by atoms with van der Waals surface area (Å²) in [6.07, 6.45) is 3.81. The van der Waals surface area contributed by atoms with Crippen LogP contribution in [0.3, 0.4) is 0 Å². The van der Waals surface area contributed by atoms with Gasteiger partial charge in [-0.25, -0.2) is 4.79 Å². The van der Waals surface area contributed by atoms with Gasteiger partial charge in [0, 0.05) is 18.9 Å². The summed E-state index contributed by atoms with van der Waals surface area (Å²) in [6.45, 7) is 6.57. The molecule has 126 valence electrons. The summed E-state index contributed by atoms with van der Waals surface area (Å²) in [4.78, 5) is 34.4. The third kappa shape index (κ3) is 8.00. The molecule has 2 amide bonds. The van der Waals surface area contributed by atoms with Gasteiger partial charge < -0.3 is 15.7 Å². The second-order valence-electron chi connectivity index (χ2n) is 7.23. The summed E-state index contributed by atoms with van der Waals surface area (Å²) in [5.41, 5.74) is 0.0333. The molecule has 1 saturated carbocycles. The Morgan fingerprint density at radius 3 is 2.36 bits per heavy atom. The summed E-state index contributed by atoms with van der Waals surface area (Å²) < 4.78 is 0. The van der Waals surface area contributed by atoms with Gasteiger partial charge in [-0.3, -0.25) is 9.59 Å². The van der Waals surface area contributed by atoms with Crippen molar-refractivity contribution in [3.63, 3.8) is 0 Å². The van der Waals surface area contributed by atoms with Gasteiger partial charge in [-0.1, -0.05) is 20.8 Å². The predicted molar refractivity (Wildman–Crippen MR) is 83.2 cm³/mol. The maximum Gasteiger partial charge on any atom is 0.326 e. The minimum Gasteiger partial charge on any atom is -0.480 e. The first-order valence-electron chi connectivity index (χ1n) is 7.99. The molecule has 0 aromatic rings. The maximum absolute atomic E-state index is 11.8. The van der Waals surface area contributed by atoms with Gasteiger partial charge >= 0.3 is 5.97 Å². The molecular weight excluding hydrogens is 284 g/mol. The summed E-state index contributed by atoms with van der Waals surface area (Å²) in [6, 6.07) is -0.840. The Hall–Kier alpha value is -1.59. The number of rotatable bonds is 9. The monoisotopic (exact) mass is 312 g/mol. The van der Waals surface area contributed by atoms with Gasteiger partial charge in [-0.2, -0.15) is 0 Å². The highest BCUT2D eigenvalue weighted by atomic mass is 16.4. The topological polar surface area (TPSA) is 95.5 Å². The fourth-order valence-corrected chi connectivity index (χ4v) is 2.05. The van der Waals surface area contributed by atoms with Crippen LogP contribution in [-0.4, -0.2) is 35.5 Å². The van der Waals surface area contributed by atoms with Gasteiger partial charge in [0.05, 0.1) is 0 Å². The molecule has 0 aromatic carbocycles. The first kappa shape index (κ1) is 18.5. The lowest BCUT2D eigenvalue weighted by Crippen LogP contribution is -2.41. The van der Waals surface area contributed by atoms with Crippen LogP contribution in [0.2, 0.25) is 0 Å². The average Bonchev–Trinajstić information content (AvgIpc) is 3.22. The van der Waals surface area contributed by atoms with Gasteiger partial charge in [0.15, 0.2) is 0 Å². The Kier molecular flexibility index (Phi) is 6.84. The highest BCUT2D eigenvalue weighted by Crippen LogP contribution is 2.28. The quantitative estimate of drug-likeness (QED) is 0.565. The van der Waals surface area contributed by atoms with E-state index in [1.54, 1.807) is 0 Å². The average molecular weight is 312 g/mol. The Morgan fingerprint density at radius 2 is 1.86 bits per heavy atom. The van der Waals surface area contributed by atoms with Crippen molar-refractivity contribution in [2.75, 3.05) is 6.54 Å². The molecule has 0 spiro atoms. The van der Waals surface area contributed by atoms with Gasteiger partial charge in [0.1, 0.15) is 6.04 Å². The largest absolute Gasteiger partial charge is 0.480 e. The molecule has 22 heavy (non-hydrogen) atoms. The van der Waals surface area contributed by atoms with Gasteiger partial charge in [0.2, 0.25) is 11.8 Å². The SMILES string of the molecule is CC(C)(C)CCC(NC(=O)CCCNC(=O)C1CC1)C(=O)O. The number of amides is 2. The van der Waals surface area contributed by atoms with Gasteiger partial charge in [-0.15, -0.1) is 0 Å². The van der Waals surface area contributed by atoms with E-state index in [9.17, 15) is 14.4 Å². The van der Waals surface area contributed by atoms with E-state index in [-0.39, 0.29) is 29.6 Å². The number of carbonyl (C=O) groups is 3. The van der Waals surface area contributed by atoms with Crippen LogP contribution in [0.25, 0.3) is 0 Å². The van der Waals surface area contributed by atoms with E-state index < -0.39 is 12.0 Å². The second kappa shape index (κ2) is 8.15. The molecular formula is C16H28N2O4. The van der Waals surface area contributed by atoms with Crippen molar-refractivity contribution in [3.05, 3.63) is 0 Å². The minimum atomic E-state index is -1.00. The van der Waals surface area contributed by atoms with E-state index in [2.05, 4.69) is 10.6 Å². The van der Waals surface area contributed by atoms with Crippen molar-refractivity contribution >= 4 is 17.8 Å². The zero-order chi connectivity index (χ0) is 16.8. The molecule has 3 N–H and O–H groups in total. The van der Waals surface area contributed by atoms with Crippen molar-refractivity contribution in [2.24, 2.45) is 11.3 Å². The molecule has 1 aliphatic rings. The third-order valence-electron chi connectivity index (χ3n) is 3.64. The smallest absolute Gasteiger partial charge is 0.326 e. The highest BCUT2D eigenvalue weighted by molar-refractivity contribution is 5.83. The Morgan fingerprint density at radius 1 is 1.23 bits per heavy atom. The Balaban J connectivity index is 2.21. The number of carbonyl (C=O) groups excluding carboxylic acids is 2. The zero-order valence-electron chi connectivity index (χ0n) is 13.8. The number of hydrogen-bond acceptors (Lipinski definition) is 3. The van der Waals surface area contributed by atoms with E-state index in [1.807, 2.05) is 20.8 Å². The van der Waals surface area contributed by atoms with Crippen LogP contribution in [-0.2, 0) is 14.4 Å². The summed E-state index contributed by atoms with van der Waals surface area (Å²) in [5.74, 6) is -1.04. The number of carboxylic acid groups (broad SMARTS) is 1. The first-order chi connectivity index (χ1) is 10.2. The molecule has 0 radical (unpaired) electrons. The molecule has 1 aliphatic carbocycles. The lowest BCUT2D eigenvalue weighted by molar-refractivity contribution is -0.142. The van der Waals surface area contributed by atoms with Crippen molar-refractivity contribution in [1.82, 2.24) is 10.6 Å². The molecule has 0 heterocycles. The number of carboxylic acids is 1.